The third kappa shape index (κ3) is 2.43. The minimum Gasteiger partial charge on any atom is -0.459 e. The molecule has 4 heteroatoms. The number of benzene rings is 1. The number of fused-ring (bicyclic) bond motifs is 3. The number of rotatable bonds is 4. The lowest BCUT2D eigenvalue weighted by Gasteiger charge is -2.16. The molecule has 3 rings (SSSR count). The second-order valence-corrected chi connectivity index (χ2v) is 6.35. The molecule has 0 unspecified atom stereocenters. The summed E-state index contributed by atoms with van der Waals surface area (Å²) in [6.07, 6.45) is 2.63. The molecule has 0 aliphatic heterocycles. The Bertz CT molecular complexity index is 815. The van der Waals surface area contributed by atoms with Gasteiger partial charge >= 0.3 is 0 Å². The van der Waals surface area contributed by atoms with Crippen LogP contribution in [0.2, 0.25) is 0 Å². The van der Waals surface area contributed by atoms with Crippen LogP contribution in [0.3, 0.4) is 0 Å². The van der Waals surface area contributed by atoms with Gasteiger partial charge in [0.1, 0.15) is 11.5 Å². The van der Waals surface area contributed by atoms with Gasteiger partial charge in [-0.15, -0.1) is 11.6 Å². The Kier molecular flexibility index (Phi) is 4.15. The number of Topliss-reactive ketones (excluding diaryl/α,β-unsaturated/α-hetero) is 2. The van der Waals surface area contributed by atoms with E-state index in [1.807, 2.05) is 19.9 Å². The fourth-order valence-electron chi connectivity index (χ4n) is 3.10. The Morgan fingerprint density at radius 1 is 1.04 bits per heavy atom. The summed E-state index contributed by atoms with van der Waals surface area (Å²) in [6, 6.07) is 3.71. The van der Waals surface area contributed by atoms with Crippen LogP contribution in [0.15, 0.2) is 16.5 Å². The number of unbranched alkanes of at least 4 members (excludes halogenated alkanes) is 1. The van der Waals surface area contributed by atoms with Crippen molar-refractivity contribution in [1.82, 2.24) is 0 Å². The van der Waals surface area contributed by atoms with E-state index in [1.54, 1.807) is 6.07 Å². The van der Waals surface area contributed by atoms with Crippen LogP contribution in [0, 0.1) is 13.8 Å². The first-order chi connectivity index (χ1) is 11.0. The molecule has 0 amide bonds. The maximum Gasteiger partial charge on any atom is 0.237 e. The number of alkyl halides is 1. The van der Waals surface area contributed by atoms with Gasteiger partial charge in [0.25, 0.3) is 0 Å². The van der Waals surface area contributed by atoms with Crippen LogP contribution in [-0.4, -0.2) is 11.6 Å². The van der Waals surface area contributed by atoms with Crippen LogP contribution < -0.4 is 0 Å². The molecule has 2 aromatic rings. The molecular formula is C19H19ClO3. The molecule has 120 valence electrons. The van der Waals surface area contributed by atoms with E-state index < -0.39 is 11.6 Å². The van der Waals surface area contributed by atoms with Crippen LogP contribution in [0.25, 0.3) is 11.3 Å². The topological polar surface area (TPSA) is 47.3 Å². The third-order valence-electron chi connectivity index (χ3n) is 4.55. The van der Waals surface area contributed by atoms with E-state index in [0.29, 0.717) is 34.6 Å². The lowest BCUT2D eigenvalue weighted by molar-refractivity contribution is 0.0814. The van der Waals surface area contributed by atoms with Crippen molar-refractivity contribution in [2.75, 3.05) is 0 Å². The number of hydrogen-bond donors (Lipinski definition) is 0. The maximum atomic E-state index is 12.6. The molecule has 1 aliphatic rings. The summed E-state index contributed by atoms with van der Waals surface area (Å²) in [6.45, 7) is 6.00. The largest absolute Gasteiger partial charge is 0.459 e. The van der Waals surface area contributed by atoms with Gasteiger partial charge in [0.2, 0.25) is 11.6 Å². The molecule has 3 nitrogen and oxygen atoms in total. The summed E-state index contributed by atoms with van der Waals surface area (Å²) in [5, 5.41) is 0. The second-order valence-electron chi connectivity index (χ2n) is 6.09. The standard InChI is InChI=1S/C19H19ClO3/c1-4-5-6-12-15(9-20)23-19-14-8-11(3)10(2)7-13(14)17(21)18(22)16(12)19/h7-8H,4-6,9H2,1-3H3. The predicted molar refractivity (Wildman–Crippen MR) is 90.4 cm³/mol. The molecule has 0 saturated carbocycles. The van der Waals surface area contributed by atoms with Gasteiger partial charge in [-0.1, -0.05) is 13.3 Å². The van der Waals surface area contributed by atoms with Gasteiger partial charge in [-0.2, -0.15) is 0 Å². The molecule has 0 radical (unpaired) electrons. The summed E-state index contributed by atoms with van der Waals surface area (Å²) < 4.78 is 5.92. The molecule has 1 aromatic heterocycles. The zero-order valence-corrected chi connectivity index (χ0v) is 14.3. The maximum absolute atomic E-state index is 12.6. The summed E-state index contributed by atoms with van der Waals surface area (Å²) in [4.78, 5) is 25.2. The highest BCUT2D eigenvalue weighted by Gasteiger charge is 2.37. The zero-order chi connectivity index (χ0) is 16.7. The van der Waals surface area contributed by atoms with Crippen LogP contribution in [0.1, 0.15) is 62.9 Å². The van der Waals surface area contributed by atoms with Crippen molar-refractivity contribution >= 4 is 23.2 Å². The first-order valence-corrected chi connectivity index (χ1v) is 8.44. The second kappa shape index (κ2) is 5.97. The molecule has 0 bridgehead atoms. The Morgan fingerprint density at radius 3 is 2.30 bits per heavy atom. The van der Waals surface area contributed by atoms with Crippen molar-refractivity contribution in [2.45, 2.75) is 45.9 Å². The van der Waals surface area contributed by atoms with Crippen molar-refractivity contribution < 1.29 is 14.0 Å². The number of halogens is 1. The van der Waals surface area contributed by atoms with Crippen LogP contribution in [-0.2, 0) is 12.3 Å². The zero-order valence-electron chi connectivity index (χ0n) is 13.6. The smallest absolute Gasteiger partial charge is 0.237 e. The van der Waals surface area contributed by atoms with Crippen molar-refractivity contribution in [2.24, 2.45) is 0 Å². The summed E-state index contributed by atoms with van der Waals surface area (Å²) in [5.41, 5.74) is 4.43. The SMILES string of the molecule is CCCCc1c(CCl)oc2c1C(=O)C(=O)c1cc(C)c(C)cc1-2. The Morgan fingerprint density at radius 2 is 1.70 bits per heavy atom. The first kappa shape index (κ1) is 16.0. The molecule has 0 fully saturated rings. The minimum absolute atomic E-state index is 0.202. The van der Waals surface area contributed by atoms with Gasteiger partial charge in [-0.05, 0) is 49.9 Å². The van der Waals surface area contributed by atoms with Gasteiger partial charge in [-0.3, -0.25) is 9.59 Å². The van der Waals surface area contributed by atoms with Gasteiger partial charge < -0.3 is 4.42 Å². The molecule has 1 aromatic carbocycles. The minimum atomic E-state index is -0.470. The number of carbonyl (C=O) groups is 2. The average Bonchev–Trinajstić information content (AvgIpc) is 2.91. The summed E-state index contributed by atoms with van der Waals surface area (Å²) in [7, 11) is 0. The number of aryl methyl sites for hydroxylation is 2. The molecular weight excluding hydrogens is 312 g/mol. The molecule has 0 spiro atoms. The molecule has 0 atom stereocenters. The van der Waals surface area contributed by atoms with Crippen molar-refractivity contribution in [1.29, 1.82) is 0 Å². The third-order valence-corrected chi connectivity index (χ3v) is 4.79. The Labute approximate surface area is 140 Å². The van der Waals surface area contributed by atoms with Crippen molar-refractivity contribution in [3.8, 4) is 11.3 Å². The van der Waals surface area contributed by atoms with Crippen molar-refractivity contribution in [3.63, 3.8) is 0 Å². The fourth-order valence-corrected chi connectivity index (χ4v) is 3.31. The highest BCUT2D eigenvalue weighted by atomic mass is 35.5. The van der Waals surface area contributed by atoms with Crippen molar-refractivity contribution in [3.05, 3.63) is 45.7 Å². The summed E-state index contributed by atoms with van der Waals surface area (Å²) >= 11 is 6.01. The Hall–Kier alpha value is -1.87. The van der Waals surface area contributed by atoms with Crippen LogP contribution in [0.5, 0.6) is 0 Å². The van der Waals surface area contributed by atoms with E-state index in [2.05, 4.69) is 6.92 Å². The van der Waals surface area contributed by atoms with Gasteiger partial charge in [-0.25, -0.2) is 0 Å². The lowest BCUT2D eigenvalue weighted by atomic mass is 9.84. The predicted octanol–water partition coefficient (Wildman–Crippen LogP) is 5.02. The van der Waals surface area contributed by atoms with Crippen LogP contribution >= 0.6 is 11.6 Å². The molecule has 1 aliphatic carbocycles. The van der Waals surface area contributed by atoms with E-state index in [9.17, 15) is 9.59 Å². The molecule has 23 heavy (non-hydrogen) atoms. The average molecular weight is 331 g/mol. The number of ketones is 2. The monoisotopic (exact) mass is 330 g/mol. The van der Waals surface area contributed by atoms with Gasteiger partial charge in [0, 0.05) is 16.7 Å². The van der Waals surface area contributed by atoms with E-state index in [4.69, 9.17) is 16.0 Å². The van der Waals surface area contributed by atoms with Gasteiger partial charge in [0.05, 0.1) is 11.4 Å². The van der Waals surface area contributed by atoms with Gasteiger partial charge in [0.15, 0.2) is 0 Å². The molecule has 1 heterocycles. The number of carbonyl (C=O) groups excluding carboxylic acids is 2. The quantitative estimate of drug-likeness (QED) is 0.584. The molecule has 0 saturated heterocycles. The van der Waals surface area contributed by atoms with E-state index in [1.165, 1.54) is 0 Å². The van der Waals surface area contributed by atoms with Crippen LogP contribution in [0.4, 0.5) is 0 Å². The Balaban J connectivity index is 2.28. The fraction of sp³-hybridized carbons (Fsp3) is 0.368. The van der Waals surface area contributed by atoms with E-state index in [0.717, 1.165) is 29.5 Å². The first-order valence-electron chi connectivity index (χ1n) is 7.90. The summed E-state index contributed by atoms with van der Waals surface area (Å²) in [5.74, 6) is 0.400. The van der Waals surface area contributed by atoms with E-state index >= 15 is 0 Å². The highest BCUT2D eigenvalue weighted by molar-refractivity contribution is 6.53. The number of hydrogen-bond acceptors (Lipinski definition) is 3. The van der Waals surface area contributed by atoms with E-state index in [-0.39, 0.29) is 5.88 Å². The normalized spacial score (nSPS) is 13.2. The highest BCUT2D eigenvalue weighted by Crippen LogP contribution is 2.40. The molecule has 0 N–H and O–H groups in total. The number of furan rings is 1. The lowest BCUT2D eigenvalue weighted by Crippen LogP contribution is -2.22.